The first-order valence-corrected chi connectivity index (χ1v) is 20.0. The monoisotopic (exact) mass is 908 g/mol. The molecule has 6 heterocycles. The lowest BCUT2D eigenvalue weighted by molar-refractivity contribution is -0.396. The molecule has 63 heavy (non-hydrogen) atoms. The molecule has 0 aliphatic carbocycles. The first-order chi connectivity index (χ1) is 29.5. The number of hydrogen-bond acceptors (Lipinski definition) is 25. The number of carbonyl (C=O) groups excluding carboxylic acids is 7. The van der Waals surface area contributed by atoms with Crippen LogP contribution in [0, 0.1) is 0 Å². The Kier molecular flexibility index (Phi) is 15.0. The molecule has 6 aliphatic heterocycles. The standard InChI is InChI=1S/C38H52O25/c1-14(39)46-11-22-25(49-16(3)41)28(52-19(6)44)32-35(57-22)62-37(9,60-32)48-13-24-27(51-18(5)43)30(31-34(56-24)55-21(8)54-31)59-38(10)61-33-29(53-20(7)45)26(50-17(4)42)23(12-47-15(2)40)58-36(33)63-38/h21-36H,11-13H2,1-10H3/t21-,22+,23-,24+,25+,26-,27-,28-,29+,30-,31+,32+,33-,34+,35-,36+,37-,38-/m1/s1. The van der Waals surface area contributed by atoms with Gasteiger partial charge in [0.2, 0.25) is 0 Å². The quantitative estimate of drug-likeness (QED) is 0.154. The lowest BCUT2D eigenvalue weighted by Gasteiger charge is -2.44. The smallest absolute Gasteiger partial charge is 0.303 e. The molecular formula is C38H52O25. The van der Waals surface area contributed by atoms with E-state index in [1.54, 1.807) is 6.92 Å². The van der Waals surface area contributed by atoms with Crippen LogP contribution in [0.5, 0.6) is 0 Å². The Bertz CT molecular complexity index is 1740. The summed E-state index contributed by atoms with van der Waals surface area (Å²) in [5, 5.41) is 0. The van der Waals surface area contributed by atoms with E-state index in [4.69, 9.17) is 85.3 Å². The average Bonchev–Trinajstić information content (AvgIpc) is 3.82. The summed E-state index contributed by atoms with van der Waals surface area (Å²) >= 11 is 0. The van der Waals surface area contributed by atoms with Gasteiger partial charge in [-0.15, -0.1) is 0 Å². The van der Waals surface area contributed by atoms with Crippen LogP contribution in [0.2, 0.25) is 0 Å². The maximum atomic E-state index is 12.7. The third-order valence-electron chi connectivity index (χ3n) is 10.1. The van der Waals surface area contributed by atoms with Crippen molar-refractivity contribution in [2.75, 3.05) is 19.8 Å². The van der Waals surface area contributed by atoms with Crippen LogP contribution >= 0.6 is 0 Å². The van der Waals surface area contributed by atoms with Crippen molar-refractivity contribution in [2.45, 2.75) is 180 Å². The number of fused-ring (bicyclic) bond motifs is 3. The predicted molar refractivity (Wildman–Crippen MR) is 192 cm³/mol. The zero-order valence-corrected chi connectivity index (χ0v) is 36.1. The molecular weight excluding hydrogens is 856 g/mol. The minimum atomic E-state index is -2.11. The number of hydrogen-bond donors (Lipinski definition) is 0. The molecule has 0 aromatic rings. The largest absolute Gasteiger partial charge is 0.463 e. The molecule has 0 saturated carbocycles. The van der Waals surface area contributed by atoms with Crippen molar-refractivity contribution in [3.8, 4) is 0 Å². The molecule has 0 radical (unpaired) electrons. The molecule has 6 saturated heterocycles. The molecule has 6 aliphatic rings. The van der Waals surface area contributed by atoms with Gasteiger partial charge >= 0.3 is 41.8 Å². The fourth-order valence-corrected chi connectivity index (χ4v) is 7.94. The summed E-state index contributed by atoms with van der Waals surface area (Å²) in [5.41, 5.74) is 0. The molecule has 6 fully saturated rings. The molecule has 354 valence electrons. The molecule has 25 nitrogen and oxygen atoms in total. The number of rotatable bonds is 14. The number of ether oxygens (including phenoxy) is 18. The van der Waals surface area contributed by atoms with E-state index < -0.39 is 172 Å². The normalized spacial score (nSPS) is 41.5. The molecule has 18 atom stereocenters. The summed E-state index contributed by atoms with van der Waals surface area (Å²) in [4.78, 5) is 85.1. The van der Waals surface area contributed by atoms with E-state index in [0.717, 1.165) is 48.5 Å². The maximum absolute atomic E-state index is 12.7. The highest BCUT2D eigenvalue weighted by molar-refractivity contribution is 5.69. The Labute approximate surface area is 359 Å². The van der Waals surface area contributed by atoms with Crippen molar-refractivity contribution in [2.24, 2.45) is 0 Å². The Morgan fingerprint density at radius 1 is 0.413 bits per heavy atom. The van der Waals surface area contributed by atoms with E-state index in [1.807, 2.05) is 0 Å². The zero-order chi connectivity index (χ0) is 46.1. The van der Waals surface area contributed by atoms with Gasteiger partial charge in [0.1, 0.15) is 43.7 Å². The van der Waals surface area contributed by atoms with Crippen LogP contribution in [0.1, 0.15) is 69.2 Å². The van der Waals surface area contributed by atoms with E-state index in [0.29, 0.717) is 0 Å². The van der Waals surface area contributed by atoms with E-state index in [2.05, 4.69) is 0 Å². The summed E-state index contributed by atoms with van der Waals surface area (Å²) in [6.07, 6.45) is -20.1. The van der Waals surface area contributed by atoms with E-state index in [-0.39, 0.29) is 0 Å². The van der Waals surface area contributed by atoms with Gasteiger partial charge < -0.3 is 75.8 Å². The van der Waals surface area contributed by atoms with Gasteiger partial charge in [-0.05, 0) is 6.92 Å². The first kappa shape index (κ1) is 48.3. The van der Waals surface area contributed by atoms with Gasteiger partial charge in [0, 0.05) is 62.3 Å². The van der Waals surface area contributed by atoms with Crippen molar-refractivity contribution in [3.63, 3.8) is 0 Å². The van der Waals surface area contributed by atoms with Crippen molar-refractivity contribution in [1.82, 2.24) is 0 Å². The Morgan fingerprint density at radius 2 is 0.794 bits per heavy atom. The number of carbonyl (C=O) groups is 7. The molecule has 0 aromatic heterocycles. The Morgan fingerprint density at radius 3 is 1.24 bits per heavy atom. The topological polar surface area (TPSA) is 286 Å². The van der Waals surface area contributed by atoms with Crippen molar-refractivity contribution < 1.29 is 119 Å². The van der Waals surface area contributed by atoms with Crippen LogP contribution < -0.4 is 0 Å². The lowest BCUT2D eigenvalue weighted by atomic mass is 9.98. The van der Waals surface area contributed by atoms with E-state index in [9.17, 15) is 33.6 Å². The van der Waals surface area contributed by atoms with Gasteiger partial charge in [0.05, 0.1) is 6.61 Å². The highest BCUT2D eigenvalue weighted by Crippen LogP contribution is 2.45. The lowest BCUT2D eigenvalue weighted by Crippen LogP contribution is -2.62. The van der Waals surface area contributed by atoms with Gasteiger partial charge in [-0.3, -0.25) is 43.0 Å². The minimum Gasteiger partial charge on any atom is -0.463 e. The van der Waals surface area contributed by atoms with Crippen LogP contribution in [0.3, 0.4) is 0 Å². The molecule has 25 heteroatoms. The second-order valence-corrected chi connectivity index (χ2v) is 15.4. The summed E-state index contributed by atoms with van der Waals surface area (Å²) in [6, 6.07) is 0. The summed E-state index contributed by atoms with van der Waals surface area (Å²) < 4.78 is 105. The van der Waals surface area contributed by atoms with Crippen LogP contribution in [-0.2, 0) is 119 Å². The van der Waals surface area contributed by atoms with Gasteiger partial charge in [-0.1, -0.05) is 0 Å². The molecule has 0 amide bonds. The number of esters is 7. The van der Waals surface area contributed by atoms with Gasteiger partial charge in [-0.25, -0.2) is 0 Å². The Hall–Kier alpha value is -4.15. The van der Waals surface area contributed by atoms with Crippen molar-refractivity contribution >= 4 is 41.8 Å². The SMILES string of the molecule is CC(=O)OC[C@@H]1O[C@@H]2O[C@](C)(OC[C@@H]3O[C@@H]4O[C@H](C)O[C@H]4[C@H](O[C@@]4(C)O[C@@H]5O[C@H](COC(C)=O)[C@@H](OC(C)=O)[C@H](OC(C)=O)[C@H]5O4)[C@@H]3OC(C)=O)O[C@H]2[C@H](OC(C)=O)[C@H]1OC(C)=O. The molecule has 0 aromatic carbocycles. The highest BCUT2D eigenvalue weighted by Gasteiger charge is 2.64. The first-order valence-electron chi connectivity index (χ1n) is 20.0. The molecule has 6 rings (SSSR count). The predicted octanol–water partition coefficient (Wildman–Crippen LogP) is -0.713. The summed E-state index contributed by atoms with van der Waals surface area (Å²) in [6.45, 7) is 10.9. The minimum absolute atomic E-state index is 0.411. The fourth-order valence-electron chi connectivity index (χ4n) is 7.94. The van der Waals surface area contributed by atoms with Crippen LogP contribution in [0.25, 0.3) is 0 Å². The fraction of sp³-hybridized carbons (Fsp3) is 0.816. The molecule has 0 bridgehead atoms. The van der Waals surface area contributed by atoms with Gasteiger partial charge in [-0.2, -0.15) is 0 Å². The van der Waals surface area contributed by atoms with E-state index in [1.165, 1.54) is 13.8 Å². The second-order valence-electron chi connectivity index (χ2n) is 15.4. The third kappa shape index (κ3) is 11.6. The maximum Gasteiger partial charge on any atom is 0.303 e. The van der Waals surface area contributed by atoms with Crippen molar-refractivity contribution in [3.05, 3.63) is 0 Å². The Balaban J connectivity index is 1.24. The molecule has 0 unspecified atom stereocenters. The van der Waals surface area contributed by atoms with Gasteiger partial charge in [0.25, 0.3) is 11.9 Å². The second kappa shape index (κ2) is 19.5. The van der Waals surface area contributed by atoms with Crippen LogP contribution in [0.15, 0.2) is 0 Å². The molecule has 0 spiro atoms. The third-order valence-corrected chi connectivity index (χ3v) is 10.1. The van der Waals surface area contributed by atoms with Gasteiger partial charge in [0.15, 0.2) is 67.9 Å². The average molecular weight is 909 g/mol. The van der Waals surface area contributed by atoms with Crippen LogP contribution in [-0.4, -0.2) is 172 Å². The molecule has 0 N–H and O–H groups in total. The van der Waals surface area contributed by atoms with E-state index >= 15 is 0 Å². The summed E-state index contributed by atoms with van der Waals surface area (Å²) in [5.74, 6) is -9.30. The zero-order valence-electron chi connectivity index (χ0n) is 36.1. The summed E-state index contributed by atoms with van der Waals surface area (Å²) in [7, 11) is 0. The highest BCUT2D eigenvalue weighted by atomic mass is 17.0. The van der Waals surface area contributed by atoms with Crippen molar-refractivity contribution in [1.29, 1.82) is 0 Å². The van der Waals surface area contributed by atoms with Crippen LogP contribution in [0.4, 0.5) is 0 Å².